The monoisotopic (exact) mass is 255 g/mol. The van der Waals surface area contributed by atoms with E-state index in [0.717, 1.165) is 0 Å². The molecule has 0 aliphatic heterocycles. The first kappa shape index (κ1) is 16.2. The van der Waals surface area contributed by atoms with Gasteiger partial charge in [0.2, 0.25) is 0 Å². The zero-order chi connectivity index (χ0) is 14.3. The number of rotatable bonds is 6. The lowest BCUT2D eigenvalue weighted by molar-refractivity contribution is -0.137. The Kier molecular flexibility index (Phi) is 6.79. The molecule has 0 aromatic rings. The van der Waals surface area contributed by atoms with Gasteiger partial charge in [-0.2, -0.15) is 5.26 Å². The van der Waals surface area contributed by atoms with Crippen LogP contribution in [0, 0.1) is 11.3 Å². The van der Waals surface area contributed by atoms with Crippen molar-refractivity contribution >= 4 is 12.0 Å². The van der Waals surface area contributed by atoms with Crippen LogP contribution in [-0.2, 0) is 4.79 Å². The lowest BCUT2D eigenvalue weighted by atomic mass is 10.2. The maximum atomic E-state index is 12.2. The molecule has 1 N–H and O–H groups in total. The molecule has 18 heavy (non-hydrogen) atoms. The average Bonchev–Trinajstić information content (AvgIpc) is 2.27. The van der Waals surface area contributed by atoms with E-state index in [9.17, 15) is 9.59 Å². The van der Waals surface area contributed by atoms with Crippen LogP contribution in [0.4, 0.5) is 4.79 Å². The Morgan fingerprint density at radius 3 is 2.28 bits per heavy atom. The number of hydrogen-bond acceptors (Lipinski definition) is 3. The van der Waals surface area contributed by atoms with Gasteiger partial charge in [-0.15, -0.1) is 0 Å². The molecule has 0 heterocycles. The van der Waals surface area contributed by atoms with Crippen LogP contribution in [0.1, 0.15) is 33.6 Å². The number of aliphatic carboxylic acids is 1. The smallest absolute Gasteiger partial charge is 0.320 e. The van der Waals surface area contributed by atoms with Crippen LogP contribution in [0.3, 0.4) is 0 Å². The summed E-state index contributed by atoms with van der Waals surface area (Å²) < 4.78 is 0. The van der Waals surface area contributed by atoms with Crippen LogP contribution in [-0.4, -0.2) is 52.6 Å². The summed E-state index contributed by atoms with van der Waals surface area (Å²) in [5, 5.41) is 17.3. The van der Waals surface area contributed by atoms with Gasteiger partial charge in [0.15, 0.2) is 0 Å². The van der Waals surface area contributed by atoms with E-state index in [2.05, 4.69) is 0 Å². The fourth-order valence-electron chi connectivity index (χ4n) is 1.45. The molecule has 0 radical (unpaired) electrons. The van der Waals surface area contributed by atoms with Gasteiger partial charge in [-0.3, -0.25) is 4.79 Å². The molecular formula is C12H21N3O3. The second kappa shape index (κ2) is 7.54. The number of carbonyl (C=O) groups excluding carboxylic acids is 1. The Morgan fingerprint density at radius 2 is 1.89 bits per heavy atom. The van der Waals surface area contributed by atoms with E-state index >= 15 is 0 Å². The number of carbonyl (C=O) groups is 2. The fraction of sp³-hybridized carbons (Fsp3) is 0.750. The maximum Gasteiger partial charge on any atom is 0.320 e. The van der Waals surface area contributed by atoms with Crippen molar-refractivity contribution in [1.29, 1.82) is 5.26 Å². The molecule has 0 saturated heterocycles. The third-order valence-corrected chi connectivity index (χ3v) is 2.79. The van der Waals surface area contributed by atoms with Gasteiger partial charge in [0, 0.05) is 25.7 Å². The largest absolute Gasteiger partial charge is 0.481 e. The Hall–Kier alpha value is -1.77. The number of carboxylic acids is 1. The molecule has 0 aromatic heterocycles. The van der Waals surface area contributed by atoms with Gasteiger partial charge in [0.1, 0.15) is 0 Å². The van der Waals surface area contributed by atoms with Gasteiger partial charge in [-0.05, 0) is 20.8 Å². The van der Waals surface area contributed by atoms with Crippen molar-refractivity contribution in [1.82, 2.24) is 9.80 Å². The molecule has 0 aliphatic rings. The number of nitrogens with zero attached hydrogens (tertiary/aromatic N) is 3. The SMILES string of the molecule is CC(CC#N)N(C)C(=O)N(CCC(=O)O)C(C)C. The second-order valence-corrected chi connectivity index (χ2v) is 4.54. The van der Waals surface area contributed by atoms with E-state index in [1.165, 1.54) is 9.80 Å². The van der Waals surface area contributed by atoms with E-state index in [0.29, 0.717) is 0 Å². The fourth-order valence-corrected chi connectivity index (χ4v) is 1.45. The highest BCUT2D eigenvalue weighted by atomic mass is 16.4. The summed E-state index contributed by atoms with van der Waals surface area (Å²) in [5.74, 6) is -0.929. The first-order valence-electron chi connectivity index (χ1n) is 5.93. The summed E-state index contributed by atoms with van der Waals surface area (Å²) in [6, 6.07) is 1.51. The van der Waals surface area contributed by atoms with E-state index in [1.807, 2.05) is 19.9 Å². The average molecular weight is 255 g/mol. The molecule has 0 aliphatic carbocycles. The van der Waals surface area contributed by atoms with Gasteiger partial charge >= 0.3 is 12.0 Å². The zero-order valence-corrected chi connectivity index (χ0v) is 11.4. The highest BCUT2D eigenvalue weighted by Crippen LogP contribution is 2.09. The predicted octanol–water partition coefficient (Wildman–Crippen LogP) is 1.53. The van der Waals surface area contributed by atoms with E-state index in [1.54, 1.807) is 14.0 Å². The lowest BCUT2D eigenvalue weighted by Gasteiger charge is -2.33. The molecule has 0 fully saturated rings. The van der Waals surface area contributed by atoms with Crippen molar-refractivity contribution in [2.45, 2.75) is 45.7 Å². The Labute approximate surface area is 108 Å². The molecule has 0 saturated carbocycles. The van der Waals surface area contributed by atoms with Crippen LogP contribution in [0.15, 0.2) is 0 Å². The molecule has 6 nitrogen and oxygen atoms in total. The highest BCUT2D eigenvalue weighted by molar-refractivity contribution is 5.75. The quantitative estimate of drug-likeness (QED) is 0.780. The third kappa shape index (κ3) is 5.04. The summed E-state index contributed by atoms with van der Waals surface area (Å²) in [6.45, 7) is 5.64. The van der Waals surface area contributed by atoms with E-state index in [4.69, 9.17) is 10.4 Å². The summed E-state index contributed by atoms with van der Waals surface area (Å²) in [6.07, 6.45) is 0.178. The molecule has 0 aromatic carbocycles. The van der Waals surface area contributed by atoms with Crippen LogP contribution in [0.5, 0.6) is 0 Å². The minimum absolute atomic E-state index is 0.0754. The van der Waals surface area contributed by atoms with Crippen LogP contribution in [0.25, 0.3) is 0 Å². The van der Waals surface area contributed by atoms with Crippen LogP contribution in [0.2, 0.25) is 0 Å². The topological polar surface area (TPSA) is 84.6 Å². The number of urea groups is 1. The molecule has 0 rings (SSSR count). The molecule has 6 heteroatoms. The van der Waals surface area contributed by atoms with E-state index < -0.39 is 5.97 Å². The lowest BCUT2D eigenvalue weighted by Crippen LogP contribution is -2.48. The minimum Gasteiger partial charge on any atom is -0.481 e. The Morgan fingerprint density at radius 1 is 1.33 bits per heavy atom. The number of hydrogen-bond donors (Lipinski definition) is 1. The maximum absolute atomic E-state index is 12.2. The first-order chi connectivity index (χ1) is 8.31. The summed E-state index contributed by atoms with van der Waals surface area (Å²) in [4.78, 5) is 25.7. The van der Waals surface area contributed by atoms with Gasteiger partial charge in [0.05, 0.1) is 18.9 Å². The standard InChI is InChI=1S/C12H21N3O3/c1-9(2)15(8-6-11(16)17)12(18)14(4)10(3)5-7-13/h9-10H,5-6,8H2,1-4H3,(H,16,17). The predicted molar refractivity (Wildman–Crippen MR) is 66.9 cm³/mol. The van der Waals surface area contributed by atoms with Gasteiger partial charge < -0.3 is 14.9 Å². The normalized spacial score (nSPS) is 11.8. The Bertz CT molecular complexity index is 336. The molecule has 2 amide bonds. The van der Waals surface area contributed by atoms with Crippen molar-refractivity contribution < 1.29 is 14.7 Å². The number of nitriles is 1. The van der Waals surface area contributed by atoms with Crippen molar-refractivity contribution in [3.63, 3.8) is 0 Å². The van der Waals surface area contributed by atoms with Crippen molar-refractivity contribution in [2.75, 3.05) is 13.6 Å². The van der Waals surface area contributed by atoms with Crippen molar-refractivity contribution in [3.05, 3.63) is 0 Å². The molecule has 1 unspecified atom stereocenters. The number of carboxylic acid groups (broad SMARTS) is 1. The highest BCUT2D eigenvalue weighted by Gasteiger charge is 2.24. The summed E-state index contributed by atoms with van der Waals surface area (Å²) >= 11 is 0. The van der Waals surface area contributed by atoms with Crippen LogP contribution >= 0.6 is 0 Å². The zero-order valence-electron chi connectivity index (χ0n) is 11.4. The Balaban J connectivity index is 4.65. The number of amides is 2. The molecule has 1 atom stereocenters. The summed E-state index contributed by atoms with van der Waals surface area (Å²) in [5.41, 5.74) is 0. The minimum atomic E-state index is -0.929. The van der Waals surface area contributed by atoms with Crippen molar-refractivity contribution in [2.24, 2.45) is 0 Å². The van der Waals surface area contributed by atoms with Gasteiger partial charge in [0.25, 0.3) is 0 Å². The molecular weight excluding hydrogens is 234 g/mol. The first-order valence-corrected chi connectivity index (χ1v) is 5.93. The van der Waals surface area contributed by atoms with Crippen molar-refractivity contribution in [3.8, 4) is 6.07 Å². The molecule has 102 valence electrons. The second-order valence-electron chi connectivity index (χ2n) is 4.54. The van der Waals surface area contributed by atoms with E-state index in [-0.39, 0.29) is 37.5 Å². The van der Waals surface area contributed by atoms with Gasteiger partial charge in [-0.1, -0.05) is 0 Å². The van der Waals surface area contributed by atoms with Crippen LogP contribution < -0.4 is 0 Å². The molecule has 0 bridgehead atoms. The van der Waals surface area contributed by atoms with Gasteiger partial charge in [-0.25, -0.2) is 4.79 Å². The molecule has 0 spiro atoms. The summed E-state index contributed by atoms with van der Waals surface area (Å²) in [7, 11) is 1.63. The third-order valence-electron chi connectivity index (χ3n) is 2.79.